The number of benzene rings is 1. The fourth-order valence-electron chi connectivity index (χ4n) is 1.29. The minimum Gasteiger partial charge on any atom is -0.445 e. The van der Waals surface area contributed by atoms with Crippen LogP contribution in [-0.4, -0.2) is 19.2 Å². The van der Waals surface area contributed by atoms with E-state index < -0.39 is 0 Å². The van der Waals surface area contributed by atoms with E-state index in [2.05, 4.69) is 5.32 Å². The molecule has 0 aliphatic rings. The molecule has 0 fully saturated rings. The van der Waals surface area contributed by atoms with Gasteiger partial charge in [-0.15, -0.1) is 0 Å². The van der Waals surface area contributed by atoms with Crippen molar-refractivity contribution in [3.63, 3.8) is 0 Å². The Morgan fingerprint density at radius 1 is 1.29 bits per heavy atom. The van der Waals surface area contributed by atoms with Crippen LogP contribution in [-0.2, 0) is 11.2 Å². The number of allylic oxidation sites excluding steroid dienone is 1. The van der Waals surface area contributed by atoms with Crippen LogP contribution in [0.3, 0.4) is 0 Å². The normalized spacial score (nSPS) is 9.53. The van der Waals surface area contributed by atoms with Gasteiger partial charge in [0.05, 0.1) is 0 Å². The topological polar surface area (TPSA) is 38.3 Å². The van der Waals surface area contributed by atoms with E-state index in [1.54, 1.807) is 0 Å². The van der Waals surface area contributed by atoms with Crippen LogP contribution in [0.15, 0.2) is 42.0 Å². The zero-order chi connectivity index (χ0) is 12.5. The fraction of sp³-hybridized carbons (Fsp3) is 0.357. The highest BCUT2D eigenvalue weighted by molar-refractivity contribution is 5.67. The van der Waals surface area contributed by atoms with Crippen molar-refractivity contribution in [3.05, 3.63) is 47.5 Å². The molecule has 0 saturated heterocycles. The molecule has 0 aliphatic carbocycles. The average molecular weight is 233 g/mol. The molecule has 3 nitrogen and oxygen atoms in total. The Balaban J connectivity index is 2.14. The Bertz CT molecular complexity index is 367. The molecule has 1 rings (SSSR count). The maximum atomic E-state index is 11.3. The van der Waals surface area contributed by atoms with Crippen LogP contribution in [0.5, 0.6) is 0 Å². The molecule has 1 amide bonds. The summed E-state index contributed by atoms with van der Waals surface area (Å²) >= 11 is 0. The van der Waals surface area contributed by atoms with Gasteiger partial charge in [-0.05, 0) is 31.9 Å². The summed E-state index contributed by atoms with van der Waals surface area (Å²) in [6.07, 6.45) is 2.33. The Morgan fingerprint density at radius 3 is 2.65 bits per heavy atom. The smallest absolute Gasteiger partial charge is 0.407 e. The van der Waals surface area contributed by atoms with E-state index in [1.165, 1.54) is 5.56 Å². The monoisotopic (exact) mass is 233 g/mol. The third-order valence-corrected chi connectivity index (χ3v) is 2.23. The summed E-state index contributed by atoms with van der Waals surface area (Å²) in [5.74, 6) is 0. The number of hydrogen-bond donors (Lipinski definition) is 1. The minimum atomic E-state index is -0.363. The van der Waals surface area contributed by atoms with E-state index in [1.807, 2.05) is 50.3 Å². The Labute approximate surface area is 102 Å². The Morgan fingerprint density at radius 2 is 2.00 bits per heavy atom. The van der Waals surface area contributed by atoms with Gasteiger partial charge in [0.15, 0.2) is 0 Å². The van der Waals surface area contributed by atoms with Crippen molar-refractivity contribution in [1.82, 2.24) is 5.32 Å². The lowest BCUT2D eigenvalue weighted by Crippen LogP contribution is -2.26. The second-order valence-corrected chi connectivity index (χ2v) is 4.04. The van der Waals surface area contributed by atoms with Gasteiger partial charge < -0.3 is 10.1 Å². The number of rotatable bonds is 5. The van der Waals surface area contributed by atoms with Crippen molar-refractivity contribution in [2.45, 2.75) is 20.3 Å². The highest BCUT2D eigenvalue weighted by Crippen LogP contribution is 1.98. The zero-order valence-corrected chi connectivity index (χ0v) is 10.4. The first-order valence-corrected chi connectivity index (χ1v) is 5.76. The molecule has 1 aromatic rings. The van der Waals surface area contributed by atoms with Gasteiger partial charge in [-0.2, -0.15) is 0 Å². The van der Waals surface area contributed by atoms with Crippen LogP contribution in [0.2, 0.25) is 0 Å². The number of alkyl carbamates (subject to hydrolysis) is 1. The number of hydrogen-bond acceptors (Lipinski definition) is 2. The van der Waals surface area contributed by atoms with E-state index in [9.17, 15) is 4.79 Å². The number of nitrogens with one attached hydrogen (secondary N) is 1. The lowest BCUT2D eigenvalue weighted by molar-refractivity contribution is 0.158. The summed E-state index contributed by atoms with van der Waals surface area (Å²) in [4.78, 5) is 11.3. The summed E-state index contributed by atoms with van der Waals surface area (Å²) in [7, 11) is 0. The predicted octanol–water partition coefficient (Wildman–Crippen LogP) is 2.92. The van der Waals surface area contributed by atoms with E-state index in [0.717, 1.165) is 12.0 Å². The van der Waals surface area contributed by atoms with Gasteiger partial charge in [0, 0.05) is 6.54 Å². The van der Waals surface area contributed by atoms with Crippen LogP contribution in [0.1, 0.15) is 19.4 Å². The summed E-state index contributed by atoms with van der Waals surface area (Å²) in [5, 5.41) is 2.71. The summed E-state index contributed by atoms with van der Waals surface area (Å²) in [6, 6.07) is 10.0. The van der Waals surface area contributed by atoms with Crippen LogP contribution in [0.4, 0.5) is 4.79 Å². The molecular weight excluding hydrogens is 214 g/mol. The van der Waals surface area contributed by atoms with Gasteiger partial charge in [-0.25, -0.2) is 4.79 Å². The van der Waals surface area contributed by atoms with Crippen molar-refractivity contribution in [2.24, 2.45) is 0 Å². The van der Waals surface area contributed by atoms with E-state index >= 15 is 0 Å². The molecule has 92 valence electrons. The Hall–Kier alpha value is -1.77. The van der Waals surface area contributed by atoms with Gasteiger partial charge in [0.1, 0.15) is 6.61 Å². The Kier molecular flexibility index (Phi) is 5.86. The summed E-state index contributed by atoms with van der Waals surface area (Å²) in [6.45, 7) is 4.87. The van der Waals surface area contributed by atoms with Gasteiger partial charge in [-0.1, -0.05) is 35.9 Å². The highest BCUT2D eigenvalue weighted by atomic mass is 16.5. The lowest BCUT2D eigenvalue weighted by atomic mass is 10.1. The molecule has 0 atom stereocenters. The molecule has 1 N–H and O–H groups in total. The van der Waals surface area contributed by atoms with Crippen LogP contribution in [0.25, 0.3) is 0 Å². The largest absolute Gasteiger partial charge is 0.445 e. The second kappa shape index (κ2) is 7.49. The number of carbonyl (C=O) groups is 1. The van der Waals surface area contributed by atoms with Crippen molar-refractivity contribution in [3.8, 4) is 0 Å². The van der Waals surface area contributed by atoms with Crippen LogP contribution in [0, 0.1) is 0 Å². The van der Waals surface area contributed by atoms with Gasteiger partial charge in [0.25, 0.3) is 0 Å². The number of amides is 1. The van der Waals surface area contributed by atoms with Crippen LogP contribution >= 0.6 is 0 Å². The molecule has 0 aromatic heterocycles. The first-order valence-electron chi connectivity index (χ1n) is 5.76. The minimum absolute atomic E-state index is 0.333. The lowest BCUT2D eigenvalue weighted by Gasteiger charge is -2.05. The summed E-state index contributed by atoms with van der Waals surface area (Å²) < 4.78 is 4.96. The molecular formula is C14H19NO2. The van der Waals surface area contributed by atoms with E-state index in [4.69, 9.17) is 4.74 Å². The molecule has 1 aromatic carbocycles. The standard InChI is InChI=1S/C14H19NO2/c1-12(2)9-11-17-14(16)15-10-8-13-6-4-3-5-7-13/h3-7,9H,8,10-11H2,1-2H3,(H,15,16). The molecule has 17 heavy (non-hydrogen) atoms. The molecule has 0 radical (unpaired) electrons. The van der Waals surface area contributed by atoms with E-state index in [-0.39, 0.29) is 6.09 Å². The fourth-order valence-corrected chi connectivity index (χ4v) is 1.29. The highest BCUT2D eigenvalue weighted by Gasteiger charge is 1.99. The van der Waals surface area contributed by atoms with Gasteiger partial charge in [0.2, 0.25) is 0 Å². The third kappa shape index (κ3) is 6.40. The molecule has 0 bridgehead atoms. The quantitative estimate of drug-likeness (QED) is 0.794. The van der Waals surface area contributed by atoms with Crippen LogP contribution < -0.4 is 5.32 Å². The van der Waals surface area contributed by atoms with Gasteiger partial charge in [-0.3, -0.25) is 0 Å². The summed E-state index contributed by atoms with van der Waals surface area (Å²) in [5.41, 5.74) is 2.35. The molecule has 0 spiro atoms. The maximum absolute atomic E-state index is 11.3. The number of carbonyl (C=O) groups excluding carboxylic acids is 1. The predicted molar refractivity (Wildman–Crippen MR) is 68.9 cm³/mol. The first-order chi connectivity index (χ1) is 8.18. The van der Waals surface area contributed by atoms with Crippen molar-refractivity contribution in [2.75, 3.05) is 13.2 Å². The molecule has 0 saturated carbocycles. The SMILES string of the molecule is CC(C)=CCOC(=O)NCCc1ccccc1. The zero-order valence-electron chi connectivity index (χ0n) is 10.4. The first kappa shape index (κ1) is 13.3. The van der Waals surface area contributed by atoms with Crippen molar-refractivity contribution < 1.29 is 9.53 Å². The van der Waals surface area contributed by atoms with Gasteiger partial charge >= 0.3 is 6.09 Å². The third-order valence-electron chi connectivity index (χ3n) is 2.23. The average Bonchev–Trinajstić information content (AvgIpc) is 2.30. The molecule has 0 unspecified atom stereocenters. The second-order valence-electron chi connectivity index (χ2n) is 4.04. The maximum Gasteiger partial charge on any atom is 0.407 e. The molecule has 0 aliphatic heterocycles. The number of ether oxygens (including phenoxy) is 1. The van der Waals surface area contributed by atoms with Crippen molar-refractivity contribution in [1.29, 1.82) is 0 Å². The van der Waals surface area contributed by atoms with E-state index in [0.29, 0.717) is 13.2 Å². The molecule has 0 heterocycles. The van der Waals surface area contributed by atoms with Crippen molar-refractivity contribution >= 4 is 6.09 Å². The molecule has 3 heteroatoms.